The van der Waals surface area contributed by atoms with Crippen LogP contribution in [0.2, 0.25) is 0 Å². The van der Waals surface area contributed by atoms with Crippen LogP contribution < -0.4 is 9.47 Å². The van der Waals surface area contributed by atoms with Crippen molar-refractivity contribution < 1.29 is 14.3 Å². The van der Waals surface area contributed by atoms with Crippen LogP contribution in [0.5, 0.6) is 11.5 Å². The van der Waals surface area contributed by atoms with Crippen LogP contribution in [-0.4, -0.2) is 20.0 Å². The van der Waals surface area contributed by atoms with Crippen molar-refractivity contribution in [3.8, 4) is 11.5 Å². The molecular weight excluding hydrogens is 276 g/mol. The zero-order valence-corrected chi connectivity index (χ0v) is 13.3. The van der Waals surface area contributed by atoms with Gasteiger partial charge in [0.1, 0.15) is 0 Å². The molecule has 0 aliphatic heterocycles. The quantitative estimate of drug-likeness (QED) is 0.612. The number of hydrogen-bond acceptors (Lipinski definition) is 3. The van der Waals surface area contributed by atoms with Gasteiger partial charge in [-0.2, -0.15) is 0 Å². The smallest absolute Gasteiger partial charge is 0.185 e. The summed E-state index contributed by atoms with van der Waals surface area (Å²) in [6.07, 6.45) is 3.31. The Bertz CT molecular complexity index is 715. The molecule has 0 heterocycles. The summed E-state index contributed by atoms with van der Waals surface area (Å²) in [7, 11) is 3.17. The van der Waals surface area contributed by atoms with Crippen LogP contribution in [0.15, 0.2) is 42.5 Å². The third-order valence-corrected chi connectivity index (χ3v) is 3.64. The van der Waals surface area contributed by atoms with E-state index < -0.39 is 0 Å². The first-order valence-corrected chi connectivity index (χ1v) is 7.07. The Morgan fingerprint density at radius 3 is 2.41 bits per heavy atom. The molecule has 0 unspecified atom stereocenters. The molecule has 3 nitrogen and oxygen atoms in total. The summed E-state index contributed by atoms with van der Waals surface area (Å²) in [4.78, 5) is 12.3. The summed E-state index contributed by atoms with van der Waals surface area (Å²) in [6, 6.07) is 11.3. The number of methoxy groups -OCH3 is 2. The number of carbonyl (C=O) groups is 1. The van der Waals surface area contributed by atoms with Gasteiger partial charge in [0.15, 0.2) is 17.3 Å². The molecule has 0 N–H and O–H groups in total. The second-order valence-electron chi connectivity index (χ2n) is 5.08. The Labute approximate surface area is 131 Å². The van der Waals surface area contributed by atoms with Crippen molar-refractivity contribution >= 4 is 11.9 Å². The molecule has 0 fully saturated rings. The highest BCUT2D eigenvalue weighted by Gasteiger charge is 2.08. The molecule has 0 aliphatic rings. The Balaban J connectivity index is 2.28. The van der Waals surface area contributed by atoms with E-state index in [4.69, 9.17) is 9.47 Å². The molecule has 0 atom stereocenters. The molecule has 0 amide bonds. The monoisotopic (exact) mass is 296 g/mol. The molecule has 114 valence electrons. The van der Waals surface area contributed by atoms with Crippen LogP contribution in [0.4, 0.5) is 0 Å². The second-order valence-corrected chi connectivity index (χ2v) is 5.08. The summed E-state index contributed by atoms with van der Waals surface area (Å²) < 4.78 is 10.6. The van der Waals surface area contributed by atoms with Gasteiger partial charge in [0.2, 0.25) is 0 Å². The van der Waals surface area contributed by atoms with Gasteiger partial charge < -0.3 is 9.47 Å². The first-order valence-electron chi connectivity index (χ1n) is 7.07. The molecule has 3 heteroatoms. The number of aryl methyl sites for hydroxylation is 2. The average Bonchev–Trinajstić information content (AvgIpc) is 2.54. The van der Waals surface area contributed by atoms with E-state index in [1.807, 2.05) is 50.2 Å². The van der Waals surface area contributed by atoms with Gasteiger partial charge in [0.05, 0.1) is 14.2 Å². The lowest BCUT2D eigenvalue weighted by Gasteiger charge is -2.09. The Kier molecular flexibility index (Phi) is 4.99. The van der Waals surface area contributed by atoms with E-state index >= 15 is 0 Å². The number of para-hydroxylation sites is 1. The third kappa shape index (κ3) is 3.37. The highest BCUT2D eigenvalue weighted by Crippen LogP contribution is 2.31. The van der Waals surface area contributed by atoms with Crippen LogP contribution >= 0.6 is 0 Å². The largest absolute Gasteiger partial charge is 0.493 e. The maximum atomic E-state index is 12.3. The Hall–Kier alpha value is -2.55. The molecular formula is C19H20O3. The normalized spacial score (nSPS) is 10.7. The summed E-state index contributed by atoms with van der Waals surface area (Å²) in [5.41, 5.74) is 3.77. The first-order chi connectivity index (χ1) is 10.6. The van der Waals surface area contributed by atoms with E-state index in [1.54, 1.807) is 26.4 Å². The van der Waals surface area contributed by atoms with E-state index in [-0.39, 0.29) is 5.78 Å². The lowest BCUT2D eigenvalue weighted by molar-refractivity contribution is 0.104. The van der Waals surface area contributed by atoms with Crippen molar-refractivity contribution in [2.45, 2.75) is 13.8 Å². The third-order valence-electron chi connectivity index (χ3n) is 3.64. The van der Waals surface area contributed by atoms with Gasteiger partial charge in [-0.1, -0.05) is 24.3 Å². The van der Waals surface area contributed by atoms with Crippen molar-refractivity contribution in [3.63, 3.8) is 0 Å². The predicted molar refractivity (Wildman–Crippen MR) is 88.8 cm³/mol. The number of ketones is 1. The van der Waals surface area contributed by atoms with E-state index in [2.05, 4.69) is 0 Å². The molecule has 0 aliphatic carbocycles. The molecule has 0 saturated carbocycles. The van der Waals surface area contributed by atoms with Crippen molar-refractivity contribution in [2.24, 2.45) is 0 Å². The number of allylic oxidation sites excluding steroid dienone is 1. The number of ether oxygens (including phenoxy) is 2. The van der Waals surface area contributed by atoms with E-state index in [1.165, 1.54) is 5.56 Å². The van der Waals surface area contributed by atoms with E-state index in [0.29, 0.717) is 17.1 Å². The van der Waals surface area contributed by atoms with Gasteiger partial charge in [0, 0.05) is 11.1 Å². The maximum Gasteiger partial charge on any atom is 0.185 e. The summed E-state index contributed by atoms with van der Waals surface area (Å²) in [6.45, 7) is 4.03. The fourth-order valence-corrected chi connectivity index (χ4v) is 2.20. The minimum Gasteiger partial charge on any atom is -0.493 e. The summed E-state index contributed by atoms with van der Waals surface area (Å²) >= 11 is 0. The molecule has 0 saturated heterocycles. The van der Waals surface area contributed by atoms with Crippen LogP contribution in [0.1, 0.15) is 27.0 Å². The molecule has 2 aromatic carbocycles. The summed E-state index contributed by atoms with van der Waals surface area (Å²) in [5.74, 6) is 1.23. The molecule has 0 spiro atoms. The highest BCUT2D eigenvalue weighted by molar-refractivity contribution is 6.07. The summed E-state index contributed by atoms with van der Waals surface area (Å²) in [5, 5.41) is 0. The van der Waals surface area contributed by atoms with Gasteiger partial charge in [0.25, 0.3) is 0 Å². The minimum atomic E-state index is -0.0343. The first kappa shape index (κ1) is 15.8. The number of rotatable bonds is 5. The fourth-order valence-electron chi connectivity index (χ4n) is 2.20. The van der Waals surface area contributed by atoms with Crippen LogP contribution in [0, 0.1) is 13.8 Å². The van der Waals surface area contributed by atoms with Crippen molar-refractivity contribution in [1.82, 2.24) is 0 Å². The SMILES string of the molecule is COc1cccc(/C=C/C(=O)c2ccc(C)c(C)c2)c1OC. The van der Waals surface area contributed by atoms with E-state index in [0.717, 1.165) is 11.1 Å². The molecule has 22 heavy (non-hydrogen) atoms. The molecule has 0 bridgehead atoms. The standard InChI is InChI=1S/C19H20O3/c1-13-8-9-16(12-14(13)2)17(20)11-10-15-6-5-7-18(21-3)19(15)22-4/h5-12H,1-4H3/b11-10+. The Morgan fingerprint density at radius 2 is 1.77 bits per heavy atom. The van der Waals surface area contributed by atoms with Gasteiger partial charge in [-0.25, -0.2) is 0 Å². The van der Waals surface area contributed by atoms with Crippen LogP contribution in [0.3, 0.4) is 0 Å². The highest BCUT2D eigenvalue weighted by atomic mass is 16.5. The Morgan fingerprint density at radius 1 is 1.00 bits per heavy atom. The van der Waals surface area contributed by atoms with Gasteiger partial charge >= 0.3 is 0 Å². The molecule has 2 aromatic rings. The number of hydrogen-bond donors (Lipinski definition) is 0. The number of benzene rings is 2. The molecule has 0 radical (unpaired) electrons. The number of carbonyl (C=O) groups excluding carboxylic acids is 1. The van der Waals surface area contributed by atoms with Gasteiger partial charge in [-0.05, 0) is 49.3 Å². The van der Waals surface area contributed by atoms with Gasteiger partial charge in [-0.15, -0.1) is 0 Å². The van der Waals surface area contributed by atoms with Crippen molar-refractivity contribution in [3.05, 3.63) is 64.7 Å². The van der Waals surface area contributed by atoms with Crippen molar-refractivity contribution in [2.75, 3.05) is 14.2 Å². The fraction of sp³-hybridized carbons (Fsp3) is 0.211. The molecule has 2 rings (SSSR count). The van der Waals surface area contributed by atoms with Crippen LogP contribution in [0.25, 0.3) is 6.08 Å². The van der Waals surface area contributed by atoms with Crippen LogP contribution in [-0.2, 0) is 0 Å². The minimum absolute atomic E-state index is 0.0343. The van der Waals surface area contributed by atoms with Crippen molar-refractivity contribution in [1.29, 1.82) is 0 Å². The topological polar surface area (TPSA) is 35.5 Å². The molecule has 0 aromatic heterocycles. The van der Waals surface area contributed by atoms with E-state index in [9.17, 15) is 4.79 Å². The second kappa shape index (κ2) is 6.94. The van der Waals surface area contributed by atoms with Gasteiger partial charge in [-0.3, -0.25) is 4.79 Å². The maximum absolute atomic E-state index is 12.3. The predicted octanol–water partition coefficient (Wildman–Crippen LogP) is 4.22. The lowest BCUT2D eigenvalue weighted by atomic mass is 10.0. The zero-order chi connectivity index (χ0) is 16.1. The lowest BCUT2D eigenvalue weighted by Crippen LogP contribution is -1.96. The average molecular weight is 296 g/mol. The zero-order valence-electron chi connectivity index (χ0n) is 13.3.